The highest BCUT2D eigenvalue weighted by molar-refractivity contribution is 7.91. The van der Waals surface area contributed by atoms with Crippen molar-refractivity contribution >= 4 is 27.4 Å². The van der Waals surface area contributed by atoms with E-state index >= 15 is 0 Å². The lowest BCUT2D eigenvalue weighted by atomic mass is 10.2. The van der Waals surface area contributed by atoms with Gasteiger partial charge in [-0.2, -0.15) is 0 Å². The Labute approximate surface area is 151 Å². The number of nitrogens with one attached hydrogen (secondary N) is 1. The largest absolute Gasteiger partial charge is 0.351 e. The van der Waals surface area contributed by atoms with Gasteiger partial charge in [0.05, 0.1) is 17.1 Å². The third-order valence-electron chi connectivity index (χ3n) is 4.29. The van der Waals surface area contributed by atoms with Crippen molar-refractivity contribution in [3.8, 4) is 0 Å². The van der Waals surface area contributed by atoms with E-state index in [0.29, 0.717) is 18.8 Å². The molecule has 1 unspecified atom stereocenters. The van der Waals surface area contributed by atoms with Crippen LogP contribution >= 0.6 is 0 Å². The smallest absolute Gasteiger partial charge is 0.259 e. The molecule has 1 aliphatic heterocycles. The van der Waals surface area contributed by atoms with Gasteiger partial charge in [-0.05, 0) is 37.6 Å². The number of amides is 1. The molecule has 2 heterocycles. The summed E-state index contributed by atoms with van der Waals surface area (Å²) in [5.41, 5.74) is -0.0790. The van der Waals surface area contributed by atoms with Crippen molar-refractivity contribution in [2.45, 2.75) is 19.4 Å². The van der Waals surface area contributed by atoms with Crippen LogP contribution in [0.2, 0.25) is 0 Å². The van der Waals surface area contributed by atoms with E-state index in [9.17, 15) is 17.6 Å². The van der Waals surface area contributed by atoms with Crippen molar-refractivity contribution in [3.63, 3.8) is 0 Å². The second-order valence-electron chi connectivity index (χ2n) is 6.05. The van der Waals surface area contributed by atoms with Gasteiger partial charge in [-0.15, -0.1) is 10.2 Å². The number of rotatable bonds is 5. The lowest BCUT2D eigenvalue weighted by Gasteiger charge is -2.27. The van der Waals surface area contributed by atoms with Gasteiger partial charge in [-0.25, -0.2) is 12.8 Å². The highest BCUT2D eigenvalue weighted by atomic mass is 32.2. The number of anilines is 2. The van der Waals surface area contributed by atoms with Crippen molar-refractivity contribution in [3.05, 3.63) is 47.8 Å². The zero-order valence-electron chi connectivity index (χ0n) is 14.2. The van der Waals surface area contributed by atoms with E-state index in [4.69, 9.17) is 0 Å². The van der Waals surface area contributed by atoms with Gasteiger partial charge in [-0.3, -0.25) is 4.79 Å². The molecular formula is C17H19FN4O3S. The number of hydrogen-bond acceptors (Lipinski definition) is 6. The topological polar surface area (TPSA) is 92.3 Å². The molecule has 7 nitrogen and oxygen atoms in total. The Bertz CT molecular complexity index is 902. The summed E-state index contributed by atoms with van der Waals surface area (Å²) in [6.07, 6.45) is 0.559. The summed E-state index contributed by atoms with van der Waals surface area (Å²) in [5, 5.41) is 10.5. The monoisotopic (exact) mass is 378 g/mol. The Hall–Kier alpha value is -2.55. The van der Waals surface area contributed by atoms with E-state index in [0.717, 1.165) is 0 Å². The number of halogens is 1. The van der Waals surface area contributed by atoms with Crippen LogP contribution < -0.4 is 10.2 Å². The minimum atomic E-state index is -3.00. The lowest BCUT2D eigenvalue weighted by molar-refractivity contribution is 0.102. The molecule has 1 fully saturated rings. The van der Waals surface area contributed by atoms with Gasteiger partial charge in [-0.1, -0.05) is 12.1 Å². The number of sulfone groups is 1. The second-order valence-corrected chi connectivity index (χ2v) is 8.28. The summed E-state index contributed by atoms with van der Waals surface area (Å²) in [5.74, 6) is -0.212. The molecule has 1 aliphatic rings. The SMILES string of the molecule is CCN(c1ccc(NC(=O)c2ccccc2F)nn1)C1CCS(=O)(=O)C1. The van der Waals surface area contributed by atoms with Gasteiger partial charge < -0.3 is 10.2 Å². The van der Waals surface area contributed by atoms with Crippen molar-refractivity contribution < 1.29 is 17.6 Å². The molecule has 0 bridgehead atoms. The van der Waals surface area contributed by atoms with Crippen LogP contribution in [0.1, 0.15) is 23.7 Å². The maximum Gasteiger partial charge on any atom is 0.259 e. The van der Waals surface area contributed by atoms with E-state index in [-0.39, 0.29) is 28.9 Å². The molecule has 1 amide bonds. The number of aromatic nitrogens is 2. The van der Waals surface area contributed by atoms with Gasteiger partial charge >= 0.3 is 0 Å². The highest BCUT2D eigenvalue weighted by Gasteiger charge is 2.32. The predicted octanol–water partition coefficient (Wildman–Crippen LogP) is 1.88. The molecule has 1 aromatic carbocycles. The van der Waals surface area contributed by atoms with Gasteiger partial charge in [0, 0.05) is 12.6 Å². The number of carbonyl (C=O) groups excluding carboxylic acids is 1. The number of benzene rings is 1. The molecule has 3 rings (SSSR count). The maximum absolute atomic E-state index is 13.6. The first-order valence-corrected chi connectivity index (χ1v) is 10.1. The predicted molar refractivity (Wildman–Crippen MR) is 96.5 cm³/mol. The zero-order chi connectivity index (χ0) is 18.7. The van der Waals surface area contributed by atoms with Crippen LogP contribution in [0.25, 0.3) is 0 Å². The Kier molecular flexibility index (Phi) is 5.17. The van der Waals surface area contributed by atoms with E-state index in [2.05, 4.69) is 15.5 Å². The second kappa shape index (κ2) is 7.36. The van der Waals surface area contributed by atoms with Crippen LogP contribution in [0.4, 0.5) is 16.0 Å². The zero-order valence-corrected chi connectivity index (χ0v) is 15.0. The van der Waals surface area contributed by atoms with E-state index in [1.807, 2.05) is 11.8 Å². The van der Waals surface area contributed by atoms with Gasteiger partial charge in [0.1, 0.15) is 5.82 Å². The molecule has 2 aromatic rings. The van der Waals surface area contributed by atoms with Crippen molar-refractivity contribution in [2.75, 3.05) is 28.3 Å². The third kappa shape index (κ3) is 3.98. The van der Waals surface area contributed by atoms with Crippen molar-refractivity contribution in [1.29, 1.82) is 0 Å². The van der Waals surface area contributed by atoms with Gasteiger partial charge in [0.25, 0.3) is 5.91 Å². The highest BCUT2D eigenvalue weighted by Crippen LogP contribution is 2.23. The molecule has 1 saturated heterocycles. The number of hydrogen-bond donors (Lipinski definition) is 1. The van der Waals surface area contributed by atoms with Crippen molar-refractivity contribution in [1.82, 2.24) is 10.2 Å². The van der Waals surface area contributed by atoms with Crippen LogP contribution in [-0.2, 0) is 9.84 Å². The van der Waals surface area contributed by atoms with Crippen LogP contribution in [0, 0.1) is 5.82 Å². The molecule has 0 aliphatic carbocycles. The van der Waals surface area contributed by atoms with Crippen LogP contribution in [0.15, 0.2) is 36.4 Å². The molecule has 0 radical (unpaired) electrons. The standard InChI is InChI=1S/C17H19FN4O3S/c1-2-22(12-9-10-26(24,25)11-12)16-8-7-15(20-21-16)19-17(23)13-5-3-4-6-14(13)18/h3-8,12H,2,9-11H2,1H3,(H,19,20,23). The fourth-order valence-electron chi connectivity index (χ4n) is 3.00. The van der Waals surface area contributed by atoms with Crippen LogP contribution in [-0.4, -0.2) is 48.6 Å². The van der Waals surface area contributed by atoms with Gasteiger partial charge in [0.15, 0.2) is 21.5 Å². The molecular weight excluding hydrogens is 359 g/mol. The Morgan fingerprint density at radius 2 is 2.04 bits per heavy atom. The minimum absolute atomic E-state index is 0.0790. The summed E-state index contributed by atoms with van der Waals surface area (Å²) in [7, 11) is -3.00. The average Bonchev–Trinajstić information content (AvgIpc) is 2.97. The number of carbonyl (C=O) groups is 1. The Morgan fingerprint density at radius 3 is 2.62 bits per heavy atom. The molecule has 138 valence electrons. The minimum Gasteiger partial charge on any atom is -0.351 e. The molecule has 0 spiro atoms. The van der Waals surface area contributed by atoms with Crippen LogP contribution in [0.5, 0.6) is 0 Å². The van der Waals surface area contributed by atoms with Crippen LogP contribution in [0.3, 0.4) is 0 Å². The maximum atomic E-state index is 13.6. The summed E-state index contributed by atoms with van der Waals surface area (Å²) in [6.45, 7) is 2.51. The summed E-state index contributed by atoms with van der Waals surface area (Å²) >= 11 is 0. The van der Waals surface area contributed by atoms with Crippen molar-refractivity contribution in [2.24, 2.45) is 0 Å². The molecule has 1 aromatic heterocycles. The van der Waals surface area contributed by atoms with E-state index in [1.54, 1.807) is 18.2 Å². The lowest BCUT2D eigenvalue weighted by Crippen LogP contribution is -2.36. The summed E-state index contributed by atoms with van der Waals surface area (Å²) in [4.78, 5) is 14.0. The molecule has 26 heavy (non-hydrogen) atoms. The van der Waals surface area contributed by atoms with Gasteiger partial charge in [0.2, 0.25) is 0 Å². The molecule has 0 saturated carbocycles. The number of nitrogens with zero attached hydrogens (tertiary/aromatic N) is 3. The summed E-state index contributed by atoms with van der Waals surface area (Å²) in [6, 6.07) is 8.76. The van der Waals surface area contributed by atoms with E-state index < -0.39 is 21.6 Å². The third-order valence-corrected chi connectivity index (χ3v) is 6.05. The fraction of sp³-hybridized carbons (Fsp3) is 0.353. The quantitative estimate of drug-likeness (QED) is 0.854. The average molecular weight is 378 g/mol. The normalized spacial score (nSPS) is 18.5. The first kappa shape index (κ1) is 18.2. The Morgan fingerprint density at radius 1 is 1.27 bits per heavy atom. The molecule has 1 atom stereocenters. The Balaban J connectivity index is 1.72. The summed E-state index contributed by atoms with van der Waals surface area (Å²) < 4.78 is 37.0. The molecule has 1 N–H and O–H groups in total. The molecule has 9 heteroatoms. The first-order chi connectivity index (χ1) is 12.4. The fourth-order valence-corrected chi connectivity index (χ4v) is 4.73. The van der Waals surface area contributed by atoms with E-state index in [1.165, 1.54) is 18.2 Å². The first-order valence-electron chi connectivity index (χ1n) is 8.26.